The van der Waals surface area contributed by atoms with Gasteiger partial charge in [0.25, 0.3) is 0 Å². The molecule has 0 amide bonds. The summed E-state index contributed by atoms with van der Waals surface area (Å²) in [5, 5.41) is 5.36. The number of nitrogens with zero attached hydrogens (tertiary/aromatic N) is 5. The molecule has 11 aromatic rings. The molecule has 0 unspecified atom stereocenters. The summed E-state index contributed by atoms with van der Waals surface area (Å²) in [6, 6.07) is 56.3. The second-order valence-corrected chi connectivity index (χ2v) is 14.1. The van der Waals surface area contributed by atoms with E-state index >= 15 is 0 Å². The van der Waals surface area contributed by atoms with Crippen LogP contribution in [0, 0.1) is 0 Å². The third-order valence-electron chi connectivity index (χ3n) is 9.89. The summed E-state index contributed by atoms with van der Waals surface area (Å²) in [5.74, 6) is 1.79. The van der Waals surface area contributed by atoms with Crippen molar-refractivity contribution in [1.29, 1.82) is 0 Å². The van der Waals surface area contributed by atoms with Gasteiger partial charge in [-0.05, 0) is 54.6 Å². The molecule has 4 aromatic heterocycles. The van der Waals surface area contributed by atoms with E-state index in [9.17, 15) is 0 Å². The van der Waals surface area contributed by atoms with E-state index in [1.807, 2.05) is 54.6 Å². The Hall–Kier alpha value is -6.96. The zero-order valence-corrected chi connectivity index (χ0v) is 29.0. The summed E-state index contributed by atoms with van der Waals surface area (Å²) in [4.78, 5) is 20.3. The van der Waals surface area contributed by atoms with E-state index in [1.165, 1.54) is 10.8 Å². The van der Waals surface area contributed by atoms with E-state index in [2.05, 4.69) is 114 Å². The quantitative estimate of drug-likeness (QED) is 0.179. The first-order valence-electron chi connectivity index (χ1n) is 17.5. The molecule has 7 aromatic carbocycles. The fourth-order valence-electron chi connectivity index (χ4n) is 7.47. The minimum atomic E-state index is 0.583. The SMILES string of the molecule is c1ccc(-c2nc(-c3cccc(-n4c5ccccc5c5ccccc54)c3)nc(-c3cccc4oc5cc(-c6nc7ccccc7s6)ccc5c34)n2)cc1. The fraction of sp³-hybridized carbons (Fsp3) is 0. The van der Waals surface area contributed by atoms with E-state index in [-0.39, 0.29) is 0 Å². The highest BCUT2D eigenvalue weighted by atomic mass is 32.1. The van der Waals surface area contributed by atoms with Crippen LogP contribution in [0.25, 0.3) is 104 Å². The first-order chi connectivity index (χ1) is 26.2. The van der Waals surface area contributed by atoms with E-state index in [1.54, 1.807) is 11.3 Å². The lowest BCUT2D eigenvalue weighted by Crippen LogP contribution is -2.01. The minimum Gasteiger partial charge on any atom is -0.456 e. The molecule has 4 heterocycles. The maximum atomic E-state index is 6.51. The zero-order valence-electron chi connectivity index (χ0n) is 28.1. The van der Waals surface area contributed by atoms with Crippen LogP contribution in [0.2, 0.25) is 0 Å². The van der Waals surface area contributed by atoms with Gasteiger partial charge in [-0.3, -0.25) is 0 Å². The van der Waals surface area contributed by atoms with Gasteiger partial charge >= 0.3 is 0 Å². The maximum Gasteiger partial charge on any atom is 0.164 e. The van der Waals surface area contributed by atoms with Crippen LogP contribution in [0.3, 0.4) is 0 Å². The number of furan rings is 1. The van der Waals surface area contributed by atoms with Crippen molar-refractivity contribution in [3.05, 3.63) is 164 Å². The van der Waals surface area contributed by atoms with Gasteiger partial charge in [-0.1, -0.05) is 109 Å². The molecule has 0 bridgehead atoms. The summed E-state index contributed by atoms with van der Waals surface area (Å²) in [5.41, 5.74) is 9.63. The lowest BCUT2D eigenvalue weighted by molar-refractivity contribution is 0.669. The van der Waals surface area contributed by atoms with E-state index < -0.39 is 0 Å². The topological polar surface area (TPSA) is 69.6 Å². The zero-order chi connectivity index (χ0) is 34.9. The molecule has 0 aliphatic rings. The van der Waals surface area contributed by atoms with Crippen LogP contribution >= 0.6 is 11.3 Å². The smallest absolute Gasteiger partial charge is 0.164 e. The monoisotopic (exact) mass is 697 g/mol. The number of aromatic nitrogens is 5. The Morgan fingerprint density at radius 3 is 1.94 bits per heavy atom. The van der Waals surface area contributed by atoms with Crippen LogP contribution < -0.4 is 0 Å². The minimum absolute atomic E-state index is 0.583. The van der Waals surface area contributed by atoms with Crippen molar-refractivity contribution in [2.75, 3.05) is 0 Å². The molecule has 0 saturated carbocycles. The Balaban J connectivity index is 1.09. The van der Waals surface area contributed by atoms with Gasteiger partial charge in [-0.2, -0.15) is 0 Å². The van der Waals surface area contributed by atoms with Crippen molar-refractivity contribution in [1.82, 2.24) is 24.5 Å². The third-order valence-corrected chi connectivity index (χ3v) is 11.0. The van der Waals surface area contributed by atoms with Crippen molar-refractivity contribution >= 4 is 65.3 Å². The molecule has 0 aliphatic carbocycles. The number of benzene rings is 7. The molecule has 0 atom stereocenters. The molecule has 53 heavy (non-hydrogen) atoms. The summed E-state index contributed by atoms with van der Waals surface area (Å²) in [7, 11) is 0. The van der Waals surface area contributed by atoms with Gasteiger partial charge in [0.2, 0.25) is 0 Å². The van der Waals surface area contributed by atoms with Gasteiger partial charge in [-0.25, -0.2) is 19.9 Å². The molecule has 11 rings (SSSR count). The lowest BCUT2D eigenvalue weighted by atomic mass is 10.0. The Kier molecular flexibility index (Phi) is 6.62. The first kappa shape index (κ1) is 29.7. The molecule has 0 N–H and O–H groups in total. The van der Waals surface area contributed by atoms with Crippen LogP contribution in [0.1, 0.15) is 0 Å². The molecule has 0 saturated heterocycles. The summed E-state index contributed by atoms with van der Waals surface area (Å²) < 4.78 is 9.99. The Bertz CT molecular complexity index is 3110. The summed E-state index contributed by atoms with van der Waals surface area (Å²) in [6.07, 6.45) is 0. The predicted octanol–water partition coefficient (Wildman–Crippen LogP) is 12.1. The van der Waals surface area contributed by atoms with Crippen LogP contribution in [-0.2, 0) is 0 Å². The average Bonchev–Trinajstić information content (AvgIpc) is 3.93. The number of para-hydroxylation sites is 3. The van der Waals surface area contributed by atoms with Crippen LogP contribution in [-0.4, -0.2) is 24.5 Å². The molecule has 6 nitrogen and oxygen atoms in total. The van der Waals surface area contributed by atoms with Crippen LogP contribution in [0.4, 0.5) is 0 Å². The number of hydrogen-bond donors (Lipinski definition) is 0. The summed E-state index contributed by atoms with van der Waals surface area (Å²) in [6.45, 7) is 0. The standard InChI is InChI=1S/C46H27N5OS/c1-2-12-28(13-3-1)43-48-44(29-14-10-15-31(26-29)51-37-20-7-4-16-32(37)33-17-5-8-21-38(33)51)50-45(49-43)35-18-11-22-39-42(35)34-25-24-30(27-40(34)52-39)46-47-36-19-6-9-23-41(36)53-46/h1-27H. The second kappa shape index (κ2) is 11.8. The Morgan fingerprint density at radius 1 is 0.453 bits per heavy atom. The van der Waals surface area contributed by atoms with Crippen LogP contribution in [0.15, 0.2) is 168 Å². The van der Waals surface area contributed by atoms with Gasteiger partial charge in [0.15, 0.2) is 17.5 Å². The number of thiazole rings is 1. The van der Waals surface area contributed by atoms with Crippen molar-refractivity contribution in [3.63, 3.8) is 0 Å². The fourth-order valence-corrected chi connectivity index (χ4v) is 8.43. The van der Waals surface area contributed by atoms with Gasteiger partial charge in [0.1, 0.15) is 16.2 Å². The van der Waals surface area contributed by atoms with Crippen molar-refractivity contribution in [2.45, 2.75) is 0 Å². The van der Waals surface area contributed by atoms with Gasteiger partial charge in [0, 0.05) is 49.5 Å². The Labute approximate surface area is 307 Å². The van der Waals surface area contributed by atoms with Gasteiger partial charge in [0.05, 0.1) is 21.3 Å². The Morgan fingerprint density at radius 2 is 1.13 bits per heavy atom. The molecule has 0 fully saturated rings. The highest BCUT2D eigenvalue weighted by molar-refractivity contribution is 7.21. The number of rotatable bonds is 5. The van der Waals surface area contributed by atoms with E-state index in [0.29, 0.717) is 17.5 Å². The molecule has 0 radical (unpaired) electrons. The molecule has 248 valence electrons. The first-order valence-corrected chi connectivity index (χ1v) is 18.3. The average molecular weight is 698 g/mol. The lowest BCUT2D eigenvalue weighted by Gasteiger charge is -2.12. The van der Waals surface area contributed by atoms with Crippen molar-refractivity contribution in [3.8, 4) is 50.4 Å². The van der Waals surface area contributed by atoms with Crippen molar-refractivity contribution in [2.24, 2.45) is 0 Å². The highest BCUT2D eigenvalue weighted by Crippen LogP contribution is 2.40. The maximum absolute atomic E-state index is 6.51. The third kappa shape index (κ3) is 4.86. The molecular formula is C46H27N5OS. The molecule has 0 aliphatic heterocycles. The van der Waals surface area contributed by atoms with Gasteiger partial charge < -0.3 is 8.98 Å². The largest absolute Gasteiger partial charge is 0.456 e. The normalized spacial score (nSPS) is 11.8. The molecule has 7 heteroatoms. The highest BCUT2D eigenvalue weighted by Gasteiger charge is 2.20. The second-order valence-electron chi connectivity index (χ2n) is 13.1. The van der Waals surface area contributed by atoms with Gasteiger partial charge in [-0.15, -0.1) is 11.3 Å². The number of hydrogen-bond acceptors (Lipinski definition) is 6. The summed E-state index contributed by atoms with van der Waals surface area (Å²) >= 11 is 1.68. The number of fused-ring (bicyclic) bond motifs is 7. The van der Waals surface area contributed by atoms with Crippen LogP contribution in [0.5, 0.6) is 0 Å². The predicted molar refractivity (Wildman–Crippen MR) is 216 cm³/mol. The van der Waals surface area contributed by atoms with Crippen molar-refractivity contribution < 1.29 is 4.42 Å². The molecule has 0 spiro atoms. The van der Waals surface area contributed by atoms with E-state index in [0.717, 1.165) is 76.1 Å². The van der Waals surface area contributed by atoms with E-state index in [4.69, 9.17) is 24.4 Å². The molecular weight excluding hydrogens is 671 g/mol.